The molecule has 0 radical (unpaired) electrons. The molecule has 6 nitrogen and oxygen atoms in total. The molecular weight excluding hydrogens is 202 g/mol. The van der Waals surface area contributed by atoms with Crippen LogP contribution < -0.4 is 5.32 Å². The number of phenolic OH excluding ortho intramolecular Hbond substituents is 2. The van der Waals surface area contributed by atoms with E-state index in [9.17, 15) is 9.90 Å². The second-order valence-corrected chi connectivity index (χ2v) is 2.89. The van der Waals surface area contributed by atoms with Crippen molar-refractivity contribution in [3.63, 3.8) is 0 Å². The Morgan fingerprint density at radius 1 is 1.40 bits per heavy atom. The molecule has 1 atom stereocenters. The van der Waals surface area contributed by atoms with Crippen molar-refractivity contribution in [2.24, 2.45) is 0 Å². The van der Waals surface area contributed by atoms with Crippen molar-refractivity contribution in [1.82, 2.24) is 0 Å². The predicted octanol–water partition coefficient (Wildman–Crippen LogP) is -0.0448. The zero-order valence-corrected chi connectivity index (χ0v) is 7.71. The third-order valence-electron chi connectivity index (χ3n) is 1.83. The van der Waals surface area contributed by atoms with E-state index in [-0.39, 0.29) is 11.4 Å². The maximum atomic E-state index is 10.6. The molecule has 0 aliphatic carbocycles. The fourth-order valence-electron chi connectivity index (χ4n) is 1.02. The van der Waals surface area contributed by atoms with Crippen LogP contribution >= 0.6 is 0 Å². The molecule has 6 heteroatoms. The number of phenols is 2. The quantitative estimate of drug-likeness (QED) is 0.449. The average molecular weight is 213 g/mol. The van der Waals surface area contributed by atoms with Crippen molar-refractivity contribution in [2.75, 3.05) is 11.9 Å². The Labute approximate surface area is 85.4 Å². The van der Waals surface area contributed by atoms with E-state index in [4.69, 9.17) is 15.3 Å². The van der Waals surface area contributed by atoms with Gasteiger partial charge in [0, 0.05) is 0 Å². The molecule has 0 aliphatic rings. The Bertz CT molecular complexity index is 366. The summed E-state index contributed by atoms with van der Waals surface area (Å²) in [7, 11) is 0. The summed E-state index contributed by atoms with van der Waals surface area (Å²) in [6.45, 7) is -0.621. The number of anilines is 1. The lowest BCUT2D eigenvalue weighted by molar-refractivity contribution is -0.138. The number of aliphatic carboxylic acids is 1. The molecule has 1 aromatic rings. The third-order valence-corrected chi connectivity index (χ3v) is 1.83. The fourth-order valence-corrected chi connectivity index (χ4v) is 1.02. The molecule has 0 saturated carbocycles. The van der Waals surface area contributed by atoms with Gasteiger partial charge in [-0.15, -0.1) is 0 Å². The molecule has 0 fully saturated rings. The summed E-state index contributed by atoms with van der Waals surface area (Å²) in [5.74, 6) is -2.06. The third kappa shape index (κ3) is 2.50. The summed E-state index contributed by atoms with van der Waals surface area (Å²) in [6, 6.07) is 2.86. The average Bonchev–Trinajstić information content (AvgIpc) is 2.19. The van der Waals surface area contributed by atoms with E-state index >= 15 is 0 Å². The van der Waals surface area contributed by atoms with E-state index in [0.717, 1.165) is 0 Å². The van der Waals surface area contributed by atoms with Crippen LogP contribution in [0.15, 0.2) is 18.2 Å². The minimum atomic E-state index is -1.25. The summed E-state index contributed by atoms with van der Waals surface area (Å²) in [5, 5.41) is 38.2. The van der Waals surface area contributed by atoms with Gasteiger partial charge in [-0.05, 0) is 12.1 Å². The lowest BCUT2D eigenvalue weighted by atomic mass is 10.2. The minimum Gasteiger partial charge on any atom is -0.504 e. The first-order chi connectivity index (χ1) is 7.06. The molecule has 0 saturated heterocycles. The number of para-hydroxylation sites is 1. The number of aromatic hydroxyl groups is 2. The fraction of sp³-hybridized carbons (Fsp3) is 0.222. The van der Waals surface area contributed by atoms with Gasteiger partial charge in [0.15, 0.2) is 11.5 Å². The van der Waals surface area contributed by atoms with E-state index in [2.05, 4.69) is 5.32 Å². The molecule has 0 heterocycles. The van der Waals surface area contributed by atoms with Gasteiger partial charge in [0.05, 0.1) is 12.3 Å². The maximum absolute atomic E-state index is 10.6. The van der Waals surface area contributed by atoms with Gasteiger partial charge in [-0.1, -0.05) is 6.07 Å². The summed E-state index contributed by atoms with van der Waals surface area (Å²) >= 11 is 0. The van der Waals surface area contributed by atoms with Gasteiger partial charge in [-0.3, -0.25) is 0 Å². The van der Waals surface area contributed by atoms with E-state index in [1.807, 2.05) is 0 Å². The Kier molecular flexibility index (Phi) is 3.35. The number of aliphatic hydroxyl groups excluding tert-OH is 1. The first kappa shape index (κ1) is 11.1. The summed E-state index contributed by atoms with van der Waals surface area (Å²) in [4.78, 5) is 10.6. The molecule has 82 valence electrons. The second-order valence-electron chi connectivity index (χ2n) is 2.89. The van der Waals surface area contributed by atoms with Crippen LogP contribution in [0.4, 0.5) is 5.69 Å². The minimum absolute atomic E-state index is 0.0523. The Hall–Kier alpha value is -1.95. The maximum Gasteiger partial charge on any atom is 0.328 e. The summed E-state index contributed by atoms with van der Waals surface area (Å²) < 4.78 is 0. The van der Waals surface area contributed by atoms with Crippen molar-refractivity contribution in [1.29, 1.82) is 0 Å². The SMILES string of the molecule is O=C(O)C(CO)Nc1cccc(O)c1O. The van der Waals surface area contributed by atoms with Gasteiger partial charge in [-0.2, -0.15) is 0 Å². The standard InChI is InChI=1S/C9H11NO5/c11-4-6(9(14)15)10-5-2-1-3-7(12)8(5)13/h1-3,6,10-13H,4H2,(H,14,15). The number of carboxylic acid groups (broad SMARTS) is 1. The Balaban J connectivity index is 2.88. The van der Waals surface area contributed by atoms with Crippen LogP contribution in [-0.4, -0.2) is 39.0 Å². The Morgan fingerprint density at radius 2 is 2.07 bits per heavy atom. The number of nitrogens with one attached hydrogen (secondary N) is 1. The highest BCUT2D eigenvalue weighted by atomic mass is 16.4. The highest BCUT2D eigenvalue weighted by Gasteiger charge is 2.17. The molecule has 1 aromatic carbocycles. The second kappa shape index (κ2) is 4.52. The highest BCUT2D eigenvalue weighted by Crippen LogP contribution is 2.32. The largest absolute Gasteiger partial charge is 0.504 e. The van der Waals surface area contributed by atoms with Crippen LogP contribution in [0.5, 0.6) is 11.5 Å². The zero-order chi connectivity index (χ0) is 11.4. The van der Waals surface area contributed by atoms with Crippen molar-refractivity contribution in [2.45, 2.75) is 6.04 Å². The number of benzene rings is 1. The monoisotopic (exact) mass is 213 g/mol. The molecule has 0 aromatic heterocycles. The van der Waals surface area contributed by atoms with E-state index in [1.54, 1.807) is 0 Å². The molecule has 0 amide bonds. The lowest BCUT2D eigenvalue weighted by Gasteiger charge is -2.14. The number of hydrogen-bond donors (Lipinski definition) is 5. The van der Waals surface area contributed by atoms with Crippen LogP contribution in [0.25, 0.3) is 0 Å². The number of carboxylic acids is 1. The van der Waals surface area contributed by atoms with Crippen LogP contribution in [0.1, 0.15) is 0 Å². The van der Waals surface area contributed by atoms with Crippen LogP contribution in [0.3, 0.4) is 0 Å². The molecular formula is C9H11NO5. The van der Waals surface area contributed by atoms with Crippen LogP contribution in [0, 0.1) is 0 Å². The zero-order valence-electron chi connectivity index (χ0n) is 7.71. The van der Waals surface area contributed by atoms with Gasteiger partial charge < -0.3 is 25.7 Å². The molecule has 1 rings (SSSR count). The van der Waals surface area contributed by atoms with Crippen LogP contribution in [0.2, 0.25) is 0 Å². The van der Waals surface area contributed by atoms with E-state index in [1.165, 1.54) is 18.2 Å². The van der Waals surface area contributed by atoms with Crippen molar-refractivity contribution < 1.29 is 25.2 Å². The van der Waals surface area contributed by atoms with Gasteiger partial charge in [0.1, 0.15) is 6.04 Å². The van der Waals surface area contributed by atoms with Crippen molar-refractivity contribution >= 4 is 11.7 Å². The molecule has 15 heavy (non-hydrogen) atoms. The van der Waals surface area contributed by atoms with Crippen molar-refractivity contribution in [3.05, 3.63) is 18.2 Å². The smallest absolute Gasteiger partial charge is 0.328 e. The first-order valence-corrected chi connectivity index (χ1v) is 4.17. The number of aliphatic hydroxyl groups is 1. The summed E-state index contributed by atoms with van der Waals surface area (Å²) in [5.41, 5.74) is 0.0523. The van der Waals surface area contributed by atoms with Crippen LogP contribution in [-0.2, 0) is 4.79 Å². The molecule has 5 N–H and O–H groups in total. The van der Waals surface area contributed by atoms with Crippen molar-refractivity contribution in [3.8, 4) is 11.5 Å². The highest BCUT2D eigenvalue weighted by molar-refractivity contribution is 5.78. The molecule has 0 aliphatic heterocycles. The van der Waals surface area contributed by atoms with E-state index in [0.29, 0.717) is 0 Å². The van der Waals surface area contributed by atoms with Gasteiger partial charge in [0.25, 0.3) is 0 Å². The van der Waals surface area contributed by atoms with Gasteiger partial charge >= 0.3 is 5.97 Å². The number of hydrogen-bond acceptors (Lipinski definition) is 5. The molecule has 1 unspecified atom stereocenters. The topological polar surface area (TPSA) is 110 Å². The van der Waals surface area contributed by atoms with Gasteiger partial charge in [-0.25, -0.2) is 4.79 Å². The molecule has 0 spiro atoms. The van der Waals surface area contributed by atoms with Gasteiger partial charge in [0.2, 0.25) is 0 Å². The summed E-state index contributed by atoms with van der Waals surface area (Å²) in [6.07, 6.45) is 0. The first-order valence-electron chi connectivity index (χ1n) is 4.17. The van der Waals surface area contributed by atoms with E-state index < -0.39 is 24.4 Å². The normalized spacial score (nSPS) is 12.1. The molecule has 0 bridgehead atoms. The predicted molar refractivity (Wildman–Crippen MR) is 51.9 cm³/mol. The number of carbonyl (C=O) groups is 1. The lowest BCUT2D eigenvalue weighted by Crippen LogP contribution is -2.32. The number of rotatable bonds is 4. The Morgan fingerprint density at radius 3 is 2.60 bits per heavy atom.